The van der Waals surface area contributed by atoms with E-state index < -0.39 is 15.6 Å². The highest BCUT2D eigenvalue weighted by Crippen LogP contribution is 2.22. The van der Waals surface area contributed by atoms with E-state index in [9.17, 15) is 8.42 Å². The molecule has 1 unspecified atom stereocenters. The summed E-state index contributed by atoms with van der Waals surface area (Å²) >= 11 is 0. The van der Waals surface area contributed by atoms with Gasteiger partial charge in [-0.25, -0.2) is 8.42 Å². The molecule has 0 saturated carbocycles. The van der Waals surface area contributed by atoms with E-state index in [4.69, 9.17) is 10.5 Å². The molecule has 0 aromatic heterocycles. The van der Waals surface area contributed by atoms with E-state index in [0.29, 0.717) is 19.6 Å². The van der Waals surface area contributed by atoms with Crippen LogP contribution in [0.25, 0.3) is 0 Å². The quantitative estimate of drug-likeness (QED) is 0.676. The van der Waals surface area contributed by atoms with Crippen LogP contribution in [0.1, 0.15) is 13.8 Å². The summed E-state index contributed by atoms with van der Waals surface area (Å²) in [6, 6.07) is 0. The van der Waals surface area contributed by atoms with Gasteiger partial charge in [-0.15, -0.1) is 0 Å². The van der Waals surface area contributed by atoms with E-state index in [1.54, 1.807) is 0 Å². The van der Waals surface area contributed by atoms with Gasteiger partial charge >= 0.3 is 0 Å². The van der Waals surface area contributed by atoms with Crippen LogP contribution < -0.4 is 5.73 Å². The molecule has 1 fully saturated rings. The minimum atomic E-state index is -3.14. The number of hydrogen-bond donors (Lipinski definition) is 1. The minimum absolute atomic E-state index is 0.200. The van der Waals surface area contributed by atoms with Crippen LogP contribution in [0.2, 0.25) is 0 Å². The fourth-order valence-corrected chi connectivity index (χ4v) is 2.60. The van der Waals surface area contributed by atoms with E-state index >= 15 is 0 Å². The van der Waals surface area contributed by atoms with Crippen molar-refractivity contribution in [1.82, 2.24) is 4.31 Å². The van der Waals surface area contributed by atoms with E-state index in [1.807, 2.05) is 13.8 Å². The van der Waals surface area contributed by atoms with Gasteiger partial charge in [-0.3, -0.25) is 0 Å². The molecule has 0 radical (unpaired) electrons. The Morgan fingerprint density at radius 3 is 2.57 bits per heavy atom. The lowest BCUT2D eigenvalue weighted by molar-refractivity contribution is -0.112. The normalized spacial score (nSPS) is 29.0. The average Bonchev–Trinajstić information content (AvgIpc) is 1.99. The first-order valence-electron chi connectivity index (χ1n) is 4.57. The lowest BCUT2D eigenvalue weighted by Crippen LogP contribution is -2.56. The molecule has 84 valence electrons. The summed E-state index contributed by atoms with van der Waals surface area (Å²) in [4.78, 5) is 0. The van der Waals surface area contributed by atoms with Crippen LogP contribution in [0, 0.1) is 0 Å². The molecule has 1 saturated heterocycles. The summed E-state index contributed by atoms with van der Waals surface area (Å²) in [7, 11) is -3.14. The van der Waals surface area contributed by atoms with Crippen molar-refractivity contribution < 1.29 is 13.2 Å². The third-order valence-corrected chi connectivity index (χ3v) is 3.40. The lowest BCUT2D eigenvalue weighted by Gasteiger charge is -2.41. The maximum atomic E-state index is 11.4. The van der Waals surface area contributed by atoms with E-state index in [0.717, 1.165) is 0 Å². The molecule has 5 nitrogen and oxygen atoms in total. The fraction of sp³-hybridized carbons (Fsp3) is 1.00. The van der Waals surface area contributed by atoms with Crippen molar-refractivity contribution in [1.29, 1.82) is 0 Å². The van der Waals surface area contributed by atoms with Crippen LogP contribution in [-0.4, -0.2) is 50.3 Å². The third kappa shape index (κ3) is 2.91. The summed E-state index contributed by atoms with van der Waals surface area (Å²) in [5, 5.41) is 0. The van der Waals surface area contributed by atoms with Gasteiger partial charge in [0.1, 0.15) is 0 Å². The second kappa shape index (κ2) is 3.77. The van der Waals surface area contributed by atoms with Gasteiger partial charge in [-0.1, -0.05) is 0 Å². The molecule has 1 rings (SSSR count). The number of rotatable bonds is 2. The Morgan fingerprint density at radius 2 is 2.14 bits per heavy atom. The number of sulfonamides is 1. The predicted molar refractivity (Wildman–Crippen MR) is 54.4 cm³/mol. The second-order valence-corrected chi connectivity index (χ2v) is 6.27. The maximum absolute atomic E-state index is 11.4. The van der Waals surface area contributed by atoms with Crippen molar-refractivity contribution in [3.8, 4) is 0 Å². The summed E-state index contributed by atoms with van der Waals surface area (Å²) in [5.41, 5.74) is 5.03. The molecule has 1 atom stereocenters. The summed E-state index contributed by atoms with van der Waals surface area (Å²) in [5.74, 6) is 0. The Hall–Kier alpha value is -0.170. The molecule has 1 heterocycles. The number of nitrogens with zero attached hydrogens (tertiary/aromatic N) is 1. The van der Waals surface area contributed by atoms with Gasteiger partial charge in [0.2, 0.25) is 10.0 Å². The smallest absolute Gasteiger partial charge is 0.211 e. The zero-order valence-electron chi connectivity index (χ0n) is 8.86. The third-order valence-electron chi connectivity index (χ3n) is 2.18. The van der Waals surface area contributed by atoms with Crippen molar-refractivity contribution in [3.05, 3.63) is 0 Å². The monoisotopic (exact) mass is 222 g/mol. The van der Waals surface area contributed by atoms with Crippen molar-refractivity contribution >= 4 is 10.0 Å². The Morgan fingerprint density at radius 1 is 1.57 bits per heavy atom. The van der Waals surface area contributed by atoms with Crippen LogP contribution >= 0.6 is 0 Å². The molecule has 0 amide bonds. The maximum Gasteiger partial charge on any atom is 0.211 e. The minimum Gasteiger partial charge on any atom is -0.368 e. The molecule has 0 bridgehead atoms. The van der Waals surface area contributed by atoms with Crippen LogP contribution in [0.4, 0.5) is 0 Å². The highest BCUT2D eigenvalue weighted by Gasteiger charge is 2.36. The average molecular weight is 222 g/mol. The highest BCUT2D eigenvalue weighted by atomic mass is 32.2. The number of hydrogen-bond acceptors (Lipinski definition) is 4. The van der Waals surface area contributed by atoms with E-state index in [1.165, 1.54) is 10.6 Å². The number of morpholine rings is 1. The van der Waals surface area contributed by atoms with E-state index in [2.05, 4.69) is 0 Å². The summed E-state index contributed by atoms with van der Waals surface area (Å²) < 4.78 is 29.8. The van der Waals surface area contributed by atoms with Crippen molar-refractivity contribution in [2.45, 2.75) is 25.6 Å². The Bertz CT molecular complexity index is 300. The molecule has 2 N–H and O–H groups in total. The van der Waals surface area contributed by atoms with Gasteiger partial charge in [-0.2, -0.15) is 4.31 Å². The summed E-state index contributed by atoms with van der Waals surface area (Å²) in [6.07, 6.45) is 1.01. The first-order valence-corrected chi connectivity index (χ1v) is 6.42. The Balaban J connectivity index is 2.81. The molecule has 0 aliphatic carbocycles. The predicted octanol–water partition coefficient (Wildman–Crippen LogP) is -0.616. The van der Waals surface area contributed by atoms with Gasteiger partial charge in [0.15, 0.2) is 0 Å². The molecule has 14 heavy (non-hydrogen) atoms. The molecule has 0 spiro atoms. The van der Waals surface area contributed by atoms with Crippen molar-refractivity contribution in [3.63, 3.8) is 0 Å². The number of nitrogens with two attached hydrogens (primary N) is 1. The zero-order chi connectivity index (χ0) is 11.0. The number of ether oxygens (including phenoxy) is 1. The lowest BCUT2D eigenvalue weighted by atomic mass is 10.1. The van der Waals surface area contributed by atoms with E-state index in [-0.39, 0.29) is 6.10 Å². The molecule has 1 aliphatic heterocycles. The summed E-state index contributed by atoms with van der Waals surface area (Å²) in [6.45, 7) is 4.83. The van der Waals surface area contributed by atoms with Crippen LogP contribution in [0.15, 0.2) is 0 Å². The molecule has 6 heteroatoms. The SMILES string of the molecule is CC1(C)CN(S(C)(=O)=O)CC(CN)O1. The standard InChI is InChI=1S/C8H18N2O3S/c1-8(2)6-10(14(3,11)12)5-7(4-9)13-8/h7H,4-6,9H2,1-3H3. The topological polar surface area (TPSA) is 72.6 Å². The van der Waals surface area contributed by atoms with Gasteiger partial charge in [-0.05, 0) is 13.8 Å². The van der Waals surface area contributed by atoms with Crippen LogP contribution in [0.5, 0.6) is 0 Å². The Kier molecular flexibility index (Phi) is 3.20. The van der Waals surface area contributed by atoms with Gasteiger partial charge in [0.05, 0.1) is 18.0 Å². The van der Waals surface area contributed by atoms with Crippen LogP contribution in [-0.2, 0) is 14.8 Å². The Labute approximate surface area is 85.3 Å². The molecular formula is C8H18N2O3S. The molecular weight excluding hydrogens is 204 g/mol. The van der Waals surface area contributed by atoms with Crippen molar-refractivity contribution in [2.75, 3.05) is 25.9 Å². The van der Waals surface area contributed by atoms with Crippen molar-refractivity contribution in [2.24, 2.45) is 5.73 Å². The van der Waals surface area contributed by atoms with Gasteiger partial charge < -0.3 is 10.5 Å². The van der Waals surface area contributed by atoms with Gasteiger partial charge in [0.25, 0.3) is 0 Å². The largest absolute Gasteiger partial charge is 0.368 e. The van der Waals surface area contributed by atoms with Gasteiger partial charge in [0, 0.05) is 19.6 Å². The molecule has 0 aromatic carbocycles. The fourth-order valence-electron chi connectivity index (χ4n) is 1.62. The molecule has 0 aromatic rings. The second-order valence-electron chi connectivity index (χ2n) is 4.29. The first kappa shape index (κ1) is 11.9. The highest BCUT2D eigenvalue weighted by molar-refractivity contribution is 7.88. The first-order chi connectivity index (χ1) is 6.24. The van der Waals surface area contributed by atoms with Crippen LogP contribution in [0.3, 0.4) is 0 Å². The molecule has 1 aliphatic rings. The zero-order valence-corrected chi connectivity index (χ0v) is 9.67.